The fraction of sp³-hybridized carbons (Fsp3) is 0.600. The molecule has 2 rings (SSSR count). The van der Waals surface area contributed by atoms with Crippen molar-refractivity contribution in [3.05, 3.63) is 36.3 Å². The summed E-state index contributed by atoms with van der Waals surface area (Å²) in [7, 11) is 0. The van der Waals surface area contributed by atoms with Crippen molar-refractivity contribution in [2.45, 2.75) is 38.8 Å². The molecule has 0 aromatic carbocycles. The molecule has 0 radical (unpaired) electrons. The van der Waals surface area contributed by atoms with Crippen LogP contribution in [-0.4, -0.2) is 30.6 Å². The average Bonchev–Trinajstić information content (AvgIpc) is 3.08. The van der Waals surface area contributed by atoms with Gasteiger partial charge < -0.3 is 9.73 Å². The maximum Gasteiger partial charge on any atom is 0.117 e. The van der Waals surface area contributed by atoms with E-state index < -0.39 is 0 Å². The van der Waals surface area contributed by atoms with Gasteiger partial charge in [0.2, 0.25) is 0 Å². The maximum atomic E-state index is 5.44. The molecule has 0 unspecified atom stereocenters. The first kappa shape index (κ1) is 13.4. The van der Waals surface area contributed by atoms with E-state index in [1.165, 1.54) is 24.8 Å². The second-order valence-electron chi connectivity index (χ2n) is 5.14. The van der Waals surface area contributed by atoms with E-state index in [1.54, 1.807) is 6.26 Å². The van der Waals surface area contributed by atoms with Crippen LogP contribution in [0, 0.1) is 0 Å². The molecule has 0 atom stereocenters. The van der Waals surface area contributed by atoms with Crippen molar-refractivity contribution >= 4 is 0 Å². The molecule has 3 heteroatoms. The lowest BCUT2D eigenvalue weighted by atomic mass is 10.2. The van der Waals surface area contributed by atoms with Crippen molar-refractivity contribution in [1.82, 2.24) is 10.2 Å². The van der Waals surface area contributed by atoms with E-state index in [1.807, 2.05) is 12.1 Å². The largest absolute Gasteiger partial charge is 0.468 e. The molecule has 100 valence electrons. The summed E-state index contributed by atoms with van der Waals surface area (Å²) < 4.78 is 5.44. The quantitative estimate of drug-likeness (QED) is 0.538. The smallest absolute Gasteiger partial charge is 0.117 e. The first-order valence-corrected chi connectivity index (χ1v) is 6.93. The molecule has 1 heterocycles. The molecule has 18 heavy (non-hydrogen) atoms. The maximum absolute atomic E-state index is 5.44. The molecule has 0 amide bonds. The number of furan rings is 1. The zero-order valence-electron chi connectivity index (χ0n) is 11.3. The Bertz CT molecular complexity index is 355. The van der Waals surface area contributed by atoms with Crippen molar-refractivity contribution in [3.8, 4) is 0 Å². The third-order valence-corrected chi connectivity index (χ3v) is 3.23. The second kappa shape index (κ2) is 6.76. The summed E-state index contributed by atoms with van der Waals surface area (Å²) in [6, 6.07) is 4.74. The summed E-state index contributed by atoms with van der Waals surface area (Å²) in [5.41, 5.74) is 1.27. The van der Waals surface area contributed by atoms with Gasteiger partial charge in [0.05, 0.1) is 12.8 Å². The second-order valence-corrected chi connectivity index (χ2v) is 5.14. The van der Waals surface area contributed by atoms with Crippen LogP contribution in [0.25, 0.3) is 0 Å². The molecular weight excluding hydrogens is 224 g/mol. The standard InChI is InChI=1S/C15H24N2O/c1-3-8-16-10-13(2)11-17(14-6-7-14)12-15-5-4-9-18-15/h4-5,9,14,16H,2-3,6-8,10-12H2,1H3. The van der Waals surface area contributed by atoms with Crippen LogP contribution in [0.1, 0.15) is 31.9 Å². The molecular formula is C15H24N2O. The zero-order chi connectivity index (χ0) is 12.8. The van der Waals surface area contributed by atoms with Crippen LogP contribution in [0.5, 0.6) is 0 Å². The van der Waals surface area contributed by atoms with Crippen LogP contribution in [0.3, 0.4) is 0 Å². The Kier molecular flexibility index (Phi) is 5.02. The van der Waals surface area contributed by atoms with E-state index in [-0.39, 0.29) is 0 Å². The molecule has 1 aliphatic rings. The highest BCUT2D eigenvalue weighted by Crippen LogP contribution is 2.28. The third-order valence-electron chi connectivity index (χ3n) is 3.23. The minimum atomic E-state index is 0.734. The molecule has 1 N–H and O–H groups in total. The number of nitrogens with one attached hydrogen (secondary N) is 1. The molecule has 0 aliphatic heterocycles. The molecule has 0 saturated heterocycles. The molecule has 1 saturated carbocycles. The summed E-state index contributed by atoms with van der Waals surface area (Å²) in [6.07, 6.45) is 5.55. The van der Waals surface area contributed by atoms with Crippen molar-refractivity contribution in [3.63, 3.8) is 0 Å². The molecule has 0 bridgehead atoms. The fourth-order valence-corrected chi connectivity index (χ4v) is 2.14. The number of hydrogen-bond donors (Lipinski definition) is 1. The van der Waals surface area contributed by atoms with Crippen LogP contribution < -0.4 is 5.32 Å². The lowest BCUT2D eigenvalue weighted by Gasteiger charge is -2.22. The Morgan fingerprint density at radius 2 is 2.39 bits per heavy atom. The Morgan fingerprint density at radius 3 is 3.00 bits per heavy atom. The minimum Gasteiger partial charge on any atom is -0.468 e. The van der Waals surface area contributed by atoms with Crippen LogP contribution >= 0.6 is 0 Å². The normalized spacial score (nSPS) is 15.2. The lowest BCUT2D eigenvalue weighted by Crippen LogP contribution is -2.30. The highest BCUT2D eigenvalue weighted by Gasteiger charge is 2.29. The SMILES string of the molecule is C=C(CNCCC)CN(Cc1ccco1)C1CC1. The average molecular weight is 248 g/mol. The van der Waals surface area contributed by atoms with E-state index in [4.69, 9.17) is 4.42 Å². The summed E-state index contributed by atoms with van der Waals surface area (Å²) in [6.45, 7) is 10.2. The van der Waals surface area contributed by atoms with Crippen molar-refractivity contribution in [1.29, 1.82) is 0 Å². The van der Waals surface area contributed by atoms with Crippen LogP contribution in [0.4, 0.5) is 0 Å². The van der Waals surface area contributed by atoms with E-state index in [0.29, 0.717) is 0 Å². The topological polar surface area (TPSA) is 28.4 Å². The first-order valence-electron chi connectivity index (χ1n) is 6.93. The van der Waals surface area contributed by atoms with Gasteiger partial charge in [0.1, 0.15) is 5.76 Å². The van der Waals surface area contributed by atoms with E-state index in [2.05, 4.69) is 23.7 Å². The molecule has 1 aromatic heterocycles. The predicted molar refractivity (Wildman–Crippen MR) is 74.4 cm³/mol. The van der Waals surface area contributed by atoms with Gasteiger partial charge in [-0.25, -0.2) is 0 Å². The molecule has 0 spiro atoms. The summed E-state index contributed by atoms with van der Waals surface area (Å²) in [5.74, 6) is 1.05. The molecule has 1 fully saturated rings. The van der Waals surface area contributed by atoms with Crippen LogP contribution in [0.2, 0.25) is 0 Å². The van der Waals surface area contributed by atoms with Gasteiger partial charge in [-0.3, -0.25) is 4.90 Å². The highest BCUT2D eigenvalue weighted by atomic mass is 16.3. The monoisotopic (exact) mass is 248 g/mol. The predicted octanol–water partition coefficient (Wildman–Crippen LogP) is 2.80. The highest BCUT2D eigenvalue weighted by molar-refractivity contribution is 5.05. The minimum absolute atomic E-state index is 0.734. The Labute approximate surface area is 110 Å². The zero-order valence-corrected chi connectivity index (χ0v) is 11.3. The summed E-state index contributed by atoms with van der Waals surface area (Å²) in [4.78, 5) is 2.48. The van der Waals surface area contributed by atoms with Gasteiger partial charge in [-0.15, -0.1) is 0 Å². The fourth-order valence-electron chi connectivity index (χ4n) is 2.14. The molecule has 3 nitrogen and oxygen atoms in total. The van der Waals surface area contributed by atoms with E-state index >= 15 is 0 Å². The van der Waals surface area contributed by atoms with Gasteiger partial charge in [-0.05, 0) is 43.5 Å². The third kappa shape index (κ3) is 4.31. The number of nitrogens with zero attached hydrogens (tertiary/aromatic N) is 1. The summed E-state index contributed by atoms with van der Waals surface area (Å²) >= 11 is 0. The Morgan fingerprint density at radius 1 is 1.56 bits per heavy atom. The van der Waals surface area contributed by atoms with Gasteiger partial charge in [-0.1, -0.05) is 13.5 Å². The van der Waals surface area contributed by atoms with Gasteiger partial charge >= 0.3 is 0 Å². The first-order chi connectivity index (χ1) is 8.79. The van der Waals surface area contributed by atoms with Gasteiger partial charge in [0.15, 0.2) is 0 Å². The Balaban J connectivity index is 1.77. The van der Waals surface area contributed by atoms with Gasteiger partial charge in [-0.2, -0.15) is 0 Å². The van der Waals surface area contributed by atoms with Crippen molar-refractivity contribution in [2.75, 3.05) is 19.6 Å². The van der Waals surface area contributed by atoms with Crippen LogP contribution in [0.15, 0.2) is 35.0 Å². The number of rotatable bonds is 9. The van der Waals surface area contributed by atoms with Crippen LogP contribution in [-0.2, 0) is 6.54 Å². The summed E-state index contributed by atoms with van der Waals surface area (Å²) in [5, 5.41) is 3.41. The molecule has 1 aromatic rings. The Hall–Kier alpha value is -1.06. The van der Waals surface area contributed by atoms with Crippen molar-refractivity contribution < 1.29 is 4.42 Å². The van der Waals surface area contributed by atoms with E-state index in [9.17, 15) is 0 Å². The lowest BCUT2D eigenvalue weighted by molar-refractivity contribution is 0.251. The van der Waals surface area contributed by atoms with Gasteiger partial charge in [0, 0.05) is 19.1 Å². The molecule has 1 aliphatic carbocycles. The van der Waals surface area contributed by atoms with Crippen molar-refractivity contribution in [2.24, 2.45) is 0 Å². The van der Waals surface area contributed by atoms with Gasteiger partial charge in [0.25, 0.3) is 0 Å². The van der Waals surface area contributed by atoms with E-state index in [0.717, 1.165) is 38.0 Å². The number of hydrogen-bond acceptors (Lipinski definition) is 3.